The smallest absolute Gasteiger partial charge is 0.332 e. The molecule has 4 saturated carbocycles. The van der Waals surface area contributed by atoms with Gasteiger partial charge in [0.25, 0.3) is 0 Å². The van der Waals surface area contributed by atoms with E-state index in [0.717, 1.165) is 11.8 Å². The van der Waals surface area contributed by atoms with Crippen LogP contribution in [0.5, 0.6) is 0 Å². The van der Waals surface area contributed by atoms with Crippen LogP contribution in [0.2, 0.25) is 0 Å². The van der Waals surface area contributed by atoms with Crippen LogP contribution in [-0.4, -0.2) is 34.7 Å². The number of carboxylic acids is 1. The average molecular weight is 281 g/mol. The zero-order valence-corrected chi connectivity index (χ0v) is 11.6. The molecule has 3 N–H and O–H groups in total. The van der Waals surface area contributed by atoms with E-state index < -0.39 is 12.1 Å². The number of amides is 1. The molecular formula is C15H23NO4. The maximum absolute atomic E-state index is 12.3. The second-order valence-corrected chi connectivity index (χ2v) is 6.89. The fourth-order valence-electron chi connectivity index (χ4n) is 4.93. The summed E-state index contributed by atoms with van der Waals surface area (Å²) in [6, 6.07) is 0. The Bertz CT molecular complexity index is 381. The van der Waals surface area contributed by atoms with Crippen molar-refractivity contribution in [3.05, 3.63) is 0 Å². The summed E-state index contributed by atoms with van der Waals surface area (Å²) in [4.78, 5) is 22.9. The molecule has 1 atom stereocenters. The highest BCUT2D eigenvalue weighted by Crippen LogP contribution is 2.56. The van der Waals surface area contributed by atoms with Crippen LogP contribution in [0.15, 0.2) is 0 Å². The van der Waals surface area contributed by atoms with Crippen LogP contribution < -0.4 is 5.32 Å². The van der Waals surface area contributed by atoms with Crippen LogP contribution in [0, 0.1) is 29.6 Å². The van der Waals surface area contributed by atoms with Crippen LogP contribution in [-0.2, 0) is 9.59 Å². The van der Waals surface area contributed by atoms with Crippen molar-refractivity contribution in [3.63, 3.8) is 0 Å². The summed E-state index contributed by atoms with van der Waals surface area (Å²) in [6.07, 6.45) is 4.85. The van der Waals surface area contributed by atoms with Gasteiger partial charge in [0.15, 0.2) is 6.10 Å². The maximum atomic E-state index is 12.3. The zero-order valence-electron chi connectivity index (χ0n) is 11.6. The first-order chi connectivity index (χ1) is 9.54. The number of carboxylic acid groups (broad SMARTS) is 1. The van der Waals surface area contributed by atoms with E-state index in [4.69, 9.17) is 5.11 Å². The molecule has 0 aromatic rings. The molecule has 4 bridgehead atoms. The van der Waals surface area contributed by atoms with Gasteiger partial charge in [-0.25, -0.2) is 4.79 Å². The van der Waals surface area contributed by atoms with Crippen molar-refractivity contribution in [2.24, 2.45) is 29.6 Å². The van der Waals surface area contributed by atoms with Gasteiger partial charge in [0, 0.05) is 18.9 Å². The number of nitrogens with one attached hydrogen (secondary N) is 1. The van der Waals surface area contributed by atoms with Gasteiger partial charge in [-0.15, -0.1) is 0 Å². The van der Waals surface area contributed by atoms with Gasteiger partial charge in [-0.2, -0.15) is 0 Å². The lowest BCUT2D eigenvalue weighted by molar-refractivity contribution is -0.147. The molecule has 0 spiro atoms. The van der Waals surface area contributed by atoms with Gasteiger partial charge in [-0.3, -0.25) is 4.79 Å². The number of rotatable bonds is 5. The predicted molar refractivity (Wildman–Crippen MR) is 71.8 cm³/mol. The summed E-state index contributed by atoms with van der Waals surface area (Å²) in [5, 5.41) is 20.6. The minimum Gasteiger partial charge on any atom is -0.479 e. The molecule has 1 amide bonds. The van der Waals surface area contributed by atoms with E-state index in [9.17, 15) is 14.7 Å². The first kappa shape index (κ1) is 13.9. The quantitative estimate of drug-likeness (QED) is 0.702. The number of aliphatic carboxylic acids is 1. The number of hydrogen-bond donors (Lipinski definition) is 3. The molecule has 20 heavy (non-hydrogen) atoms. The summed E-state index contributed by atoms with van der Waals surface area (Å²) >= 11 is 0. The topological polar surface area (TPSA) is 86.6 Å². The molecule has 112 valence electrons. The van der Waals surface area contributed by atoms with Crippen LogP contribution in [0.1, 0.15) is 38.5 Å². The Morgan fingerprint density at radius 3 is 2.10 bits per heavy atom. The molecule has 0 aromatic heterocycles. The van der Waals surface area contributed by atoms with E-state index in [-0.39, 0.29) is 24.8 Å². The largest absolute Gasteiger partial charge is 0.479 e. The van der Waals surface area contributed by atoms with Crippen molar-refractivity contribution < 1.29 is 19.8 Å². The molecule has 1 unspecified atom stereocenters. The number of hydrogen-bond acceptors (Lipinski definition) is 3. The van der Waals surface area contributed by atoms with Gasteiger partial charge in [-0.1, -0.05) is 0 Å². The number of aliphatic hydroxyl groups is 1. The third-order valence-corrected chi connectivity index (χ3v) is 5.53. The van der Waals surface area contributed by atoms with Gasteiger partial charge in [0.05, 0.1) is 0 Å². The fourth-order valence-corrected chi connectivity index (χ4v) is 4.93. The van der Waals surface area contributed by atoms with Crippen LogP contribution in [0.4, 0.5) is 0 Å². The van der Waals surface area contributed by atoms with Crippen LogP contribution in [0.3, 0.4) is 0 Å². The van der Waals surface area contributed by atoms with E-state index >= 15 is 0 Å². The molecule has 4 aliphatic rings. The number of carbonyl (C=O) groups is 2. The SMILES string of the molecule is O=C(O)C(O)CCNC(=O)C1C2CC3CC(C2)CC1C3. The standard InChI is InChI=1S/C15H23NO4/c17-12(15(19)20)1-2-16-14(18)13-10-4-8-3-9(6-10)7-11(13)5-8/h8-13,17H,1-7H2,(H,16,18)(H,19,20). The van der Waals surface area contributed by atoms with Gasteiger partial charge in [-0.05, 0) is 55.8 Å². The number of carbonyl (C=O) groups excluding carboxylic acids is 1. The second-order valence-electron chi connectivity index (χ2n) is 6.89. The predicted octanol–water partition coefficient (Wildman–Crippen LogP) is 1.01. The van der Waals surface area contributed by atoms with Crippen molar-refractivity contribution >= 4 is 11.9 Å². The van der Waals surface area contributed by atoms with Crippen molar-refractivity contribution in [2.45, 2.75) is 44.6 Å². The average Bonchev–Trinajstić information content (AvgIpc) is 2.37. The fraction of sp³-hybridized carbons (Fsp3) is 0.867. The van der Waals surface area contributed by atoms with Gasteiger partial charge >= 0.3 is 5.97 Å². The molecule has 4 aliphatic carbocycles. The summed E-state index contributed by atoms with van der Waals surface area (Å²) < 4.78 is 0. The summed E-state index contributed by atoms with van der Waals surface area (Å²) in [5.74, 6) is 1.74. The minimum absolute atomic E-state index is 0.0778. The molecule has 4 fully saturated rings. The Morgan fingerprint density at radius 2 is 1.60 bits per heavy atom. The van der Waals surface area contributed by atoms with Crippen LogP contribution >= 0.6 is 0 Å². The van der Waals surface area contributed by atoms with Gasteiger partial charge in [0.2, 0.25) is 5.91 Å². The van der Waals surface area contributed by atoms with Crippen molar-refractivity contribution in [1.29, 1.82) is 0 Å². The highest BCUT2D eigenvalue weighted by Gasteiger charge is 2.50. The highest BCUT2D eigenvalue weighted by molar-refractivity contribution is 5.79. The molecule has 0 heterocycles. The van der Waals surface area contributed by atoms with Crippen molar-refractivity contribution in [2.75, 3.05) is 6.54 Å². The zero-order chi connectivity index (χ0) is 14.3. The van der Waals surface area contributed by atoms with E-state index in [1.807, 2.05) is 0 Å². The third kappa shape index (κ3) is 2.55. The first-order valence-electron chi connectivity index (χ1n) is 7.73. The first-order valence-corrected chi connectivity index (χ1v) is 7.73. The molecular weight excluding hydrogens is 258 g/mol. The normalized spacial score (nSPS) is 39.5. The molecule has 4 rings (SSSR count). The van der Waals surface area contributed by atoms with Gasteiger partial charge < -0.3 is 15.5 Å². The Balaban J connectivity index is 1.52. The molecule has 0 aromatic carbocycles. The Kier molecular flexibility index (Phi) is 3.71. The molecule has 5 nitrogen and oxygen atoms in total. The summed E-state index contributed by atoms with van der Waals surface area (Å²) in [7, 11) is 0. The van der Waals surface area contributed by atoms with E-state index in [1.54, 1.807) is 0 Å². The molecule has 0 saturated heterocycles. The van der Waals surface area contributed by atoms with Gasteiger partial charge in [0.1, 0.15) is 0 Å². The summed E-state index contributed by atoms with van der Waals surface area (Å²) in [5.41, 5.74) is 0. The van der Waals surface area contributed by atoms with Crippen molar-refractivity contribution in [1.82, 2.24) is 5.32 Å². The lowest BCUT2D eigenvalue weighted by Gasteiger charge is -2.53. The molecule has 5 heteroatoms. The van der Waals surface area contributed by atoms with Crippen LogP contribution in [0.25, 0.3) is 0 Å². The highest BCUT2D eigenvalue weighted by atomic mass is 16.4. The molecule has 0 aliphatic heterocycles. The monoisotopic (exact) mass is 281 g/mol. The summed E-state index contributed by atoms with van der Waals surface area (Å²) in [6.45, 7) is 0.245. The van der Waals surface area contributed by atoms with Crippen molar-refractivity contribution in [3.8, 4) is 0 Å². The Morgan fingerprint density at radius 1 is 1.05 bits per heavy atom. The third-order valence-electron chi connectivity index (χ3n) is 5.53. The lowest BCUT2D eigenvalue weighted by Crippen LogP contribution is -2.51. The van der Waals surface area contributed by atoms with E-state index in [0.29, 0.717) is 11.8 Å². The Hall–Kier alpha value is -1.10. The molecule has 0 radical (unpaired) electrons. The second kappa shape index (κ2) is 5.35. The minimum atomic E-state index is -1.38. The Labute approximate surface area is 118 Å². The number of aliphatic hydroxyl groups excluding tert-OH is 1. The lowest BCUT2D eigenvalue weighted by atomic mass is 9.51. The van der Waals surface area contributed by atoms with E-state index in [1.165, 1.54) is 32.1 Å². The maximum Gasteiger partial charge on any atom is 0.332 e. The van der Waals surface area contributed by atoms with E-state index in [2.05, 4.69) is 5.32 Å².